The molecule has 0 fully saturated rings. The molecule has 0 unspecified atom stereocenters. The Labute approximate surface area is 167 Å². The number of benzene rings is 1. The van der Waals surface area contributed by atoms with Gasteiger partial charge in [0.2, 0.25) is 5.91 Å². The summed E-state index contributed by atoms with van der Waals surface area (Å²) < 4.78 is 0. The number of aromatic nitrogens is 3. The van der Waals surface area contributed by atoms with Crippen molar-refractivity contribution in [1.82, 2.24) is 15.0 Å². The maximum atomic E-state index is 12.9. The second kappa shape index (κ2) is 7.20. The molecule has 3 N–H and O–H groups in total. The number of primary amides is 1. The van der Waals surface area contributed by atoms with Crippen LogP contribution in [0, 0.1) is 0 Å². The van der Waals surface area contributed by atoms with Crippen LogP contribution < -0.4 is 10.6 Å². The summed E-state index contributed by atoms with van der Waals surface area (Å²) in [5.41, 5.74) is 9.91. The normalized spacial score (nSPS) is 10.8. The van der Waals surface area contributed by atoms with E-state index in [0.717, 1.165) is 5.69 Å². The first kappa shape index (κ1) is 18.4. The van der Waals surface area contributed by atoms with E-state index in [1.165, 1.54) is 0 Å². The number of hydrogen-bond acceptors (Lipinski definition) is 5. The van der Waals surface area contributed by atoms with Gasteiger partial charge in [0, 0.05) is 72.2 Å². The first-order valence-electron chi connectivity index (χ1n) is 8.99. The second-order valence-corrected chi connectivity index (χ2v) is 6.88. The Kier molecular flexibility index (Phi) is 4.56. The lowest BCUT2D eigenvalue weighted by Crippen LogP contribution is -2.15. The summed E-state index contributed by atoms with van der Waals surface area (Å²) >= 11 is 0. The zero-order chi connectivity index (χ0) is 20.5. The van der Waals surface area contributed by atoms with Crippen LogP contribution in [0.2, 0.25) is 0 Å². The third kappa shape index (κ3) is 3.34. The standard InChI is InChI=1S/C22H19N5O2/c1-27(2)15-3-4-16(17(10-15)21(23)29)14-9-18-19(12-26-22(18)25-11-14)20(28)13-5-7-24-8-6-13/h3-12H,1-2H3,(H2,23,29)(H,25,26). The highest BCUT2D eigenvalue weighted by atomic mass is 16.1. The zero-order valence-electron chi connectivity index (χ0n) is 16.0. The number of nitrogens with zero attached hydrogens (tertiary/aromatic N) is 3. The van der Waals surface area contributed by atoms with Crippen LogP contribution in [-0.4, -0.2) is 40.7 Å². The summed E-state index contributed by atoms with van der Waals surface area (Å²) in [5.74, 6) is -0.651. The van der Waals surface area contributed by atoms with Crippen LogP contribution in [0.5, 0.6) is 0 Å². The van der Waals surface area contributed by atoms with Crippen LogP contribution in [0.15, 0.2) is 61.2 Å². The predicted octanol–water partition coefficient (Wildman–Crippen LogP) is 3.02. The predicted molar refractivity (Wildman–Crippen MR) is 112 cm³/mol. The topological polar surface area (TPSA) is 105 Å². The van der Waals surface area contributed by atoms with E-state index in [1.807, 2.05) is 37.2 Å². The summed E-state index contributed by atoms with van der Waals surface area (Å²) in [6, 6.07) is 10.7. The van der Waals surface area contributed by atoms with Gasteiger partial charge in [0.15, 0.2) is 5.78 Å². The Morgan fingerprint density at radius 3 is 2.48 bits per heavy atom. The molecule has 0 saturated heterocycles. The van der Waals surface area contributed by atoms with Crippen LogP contribution in [0.25, 0.3) is 22.2 Å². The van der Waals surface area contributed by atoms with Crippen LogP contribution >= 0.6 is 0 Å². The van der Waals surface area contributed by atoms with E-state index in [1.54, 1.807) is 43.0 Å². The van der Waals surface area contributed by atoms with Gasteiger partial charge in [-0.15, -0.1) is 0 Å². The van der Waals surface area contributed by atoms with Crippen LogP contribution in [0.4, 0.5) is 5.69 Å². The van der Waals surface area contributed by atoms with Gasteiger partial charge >= 0.3 is 0 Å². The smallest absolute Gasteiger partial charge is 0.249 e. The average Bonchev–Trinajstić information content (AvgIpc) is 3.16. The second-order valence-electron chi connectivity index (χ2n) is 6.88. The van der Waals surface area contributed by atoms with Crippen molar-refractivity contribution >= 4 is 28.4 Å². The van der Waals surface area contributed by atoms with Crippen molar-refractivity contribution in [2.75, 3.05) is 19.0 Å². The van der Waals surface area contributed by atoms with E-state index < -0.39 is 5.91 Å². The summed E-state index contributed by atoms with van der Waals surface area (Å²) in [7, 11) is 3.79. The van der Waals surface area contributed by atoms with Gasteiger partial charge < -0.3 is 15.6 Å². The highest BCUT2D eigenvalue weighted by Crippen LogP contribution is 2.30. The Balaban J connectivity index is 1.85. The number of pyridine rings is 2. The molecule has 0 aliphatic heterocycles. The fourth-order valence-electron chi connectivity index (χ4n) is 3.26. The molecule has 0 bridgehead atoms. The molecule has 0 radical (unpaired) electrons. The summed E-state index contributed by atoms with van der Waals surface area (Å²) in [5, 5.41) is 0.677. The first-order valence-corrected chi connectivity index (χ1v) is 8.99. The van der Waals surface area contributed by atoms with Crippen molar-refractivity contribution in [1.29, 1.82) is 0 Å². The molecule has 3 heterocycles. The molecule has 7 heteroatoms. The lowest BCUT2D eigenvalue weighted by molar-refractivity contribution is 0.0999. The number of hydrogen-bond donors (Lipinski definition) is 2. The summed E-state index contributed by atoms with van der Waals surface area (Å²) in [6.07, 6.45) is 6.47. The highest BCUT2D eigenvalue weighted by Gasteiger charge is 2.17. The lowest BCUT2D eigenvalue weighted by Gasteiger charge is -2.15. The van der Waals surface area contributed by atoms with Crippen LogP contribution in [-0.2, 0) is 0 Å². The van der Waals surface area contributed by atoms with Crippen LogP contribution in [0.3, 0.4) is 0 Å². The molecular weight excluding hydrogens is 366 g/mol. The fourth-order valence-corrected chi connectivity index (χ4v) is 3.26. The summed E-state index contributed by atoms with van der Waals surface area (Å²) in [4.78, 5) is 38.3. The molecule has 0 atom stereocenters. The van der Waals surface area contributed by atoms with Gasteiger partial charge in [0.05, 0.1) is 0 Å². The Bertz CT molecular complexity index is 1230. The van der Waals surface area contributed by atoms with Crippen LogP contribution in [0.1, 0.15) is 26.3 Å². The number of H-pyrrole nitrogens is 1. The fraction of sp³-hybridized carbons (Fsp3) is 0.0909. The van der Waals surface area contributed by atoms with Crippen molar-refractivity contribution in [3.8, 4) is 11.1 Å². The van der Waals surface area contributed by atoms with Crippen molar-refractivity contribution < 1.29 is 9.59 Å². The number of rotatable bonds is 5. The molecule has 0 aliphatic carbocycles. The molecule has 1 amide bonds. The monoisotopic (exact) mass is 385 g/mol. The quantitative estimate of drug-likeness (QED) is 0.514. The van der Waals surface area contributed by atoms with Gasteiger partial charge in [-0.3, -0.25) is 14.6 Å². The number of nitrogens with two attached hydrogens (primary N) is 1. The third-order valence-corrected chi connectivity index (χ3v) is 4.81. The van der Waals surface area contributed by atoms with Gasteiger partial charge in [0.1, 0.15) is 5.65 Å². The molecule has 144 valence electrons. The van der Waals surface area contributed by atoms with Crippen molar-refractivity contribution in [3.63, 3.8) is 0 Å². The summed E-state index contributed by atoms with van der Waals surface area (Å²) in [6.45, 7) is 0. The minimum Gasteiger partial charge on any atom is -0.378 e. The lowest BCUT2D eigenvalue weighted by atomic mass is 9.97. The largest absolute Gasteiger partial charge is 0.378 e. The Morgan fingerprint density at radius 2 is 1.79 bits per heavy atom. The van der Waals surface area contributed by atoms with E-state index in [2.05, 4.69) is 15.0 Å². The van der Waals surface area contributed by atoms with Gasteiger partial charge in [-0.25, -0.2) is 4.98 Å². The van der Waals surface area contributed by atoms with Gasteiger partial charge in [-0.1, -0.05) is 6.07 Å². The molecule has 0 aliphatic rings. The third-order valence-electron chi connectivity index (χ3n) is 4.81. The van der Waals surface area contributed by atoms with E-state index in [4.69, 9.17) is 5.73 Å². The van der Waals surface area contributed by atoms with Crippen molar-refractivity contribution in [2.45, 2.75) is 0 Å². The maximum Gasteiger partial charge on any atom is 0.249 e. The van der Waals surface area contributed by atoms with Gasteiger partial charge in [-0.05, 0) is 35.9 Å². The van der Waals surface area contributed by atoms with Gasteiger partial charge in [-0.2, -0.15) is 0 Å². The first-order chi connectivity index (χ1) is 14.0. The maximum absolute atomic E-state index is 12.9. The number of fused-ring (bicyclic) bond motifs is 1. The molecule has 0 spiro atoms. The molecule has 1 aromatic carbocycles. The van der Waals surface area contributed by atoms with E-state index in [0.29, 0.717) is 38.9 Å². The molecular formula is C22H19N5O2. The van der Waals surface area contributed by atoms with Crippen molar-refractivity contribution in [2.24, 2.45) is 5.73 Å². The van der Waals surface area contributed by atoms with Crippen molar-refractivity contribution in [3.05, 3.63) is 77.9 Å². The molecule has 4 rings (SSSR count). The van der Waals surface area contributed by atoms with E-state index in [9.17, 15) is 9.59 Å². The molecule has 7 nitrogen and oxygen atoms in total. The molecule has 3 aromatic heterocycles. The van der Waals surface area contributed by atoms with E-state index >= 15 is 0 Å². The number of anilines is 1. The number of carbonyl (C=O) groups is 2. The molecule has 4 aromatic rings. The van der Waals surface area contributed by atoms with Gasteiger partial charge in [0.25, 0.3) is 0 Å². The zero-order valence-corrected chi connectivity index (χ0v) is 16.0. The number of carbonyl (C=O) groups excluding carboxylic acids is 2. The minimum atomic E-state index is -0.522. The molecule has 29 heavy (non-hydrogen) atoms. The molecule has 0 saturated carbocycles. The van der Waals surface area contributed by atoms with E-state index in [-0.39, 0.29) is 5.78 Å². The SMILES string of the molecule is CN(C)c1ccc(-c2cnc3[nH]cc(C(=O)c4ccncc4)c3c2)c(C(N)=O)c1. The highest BCUT2D eigenvalue weighted by molar-refractivity contribution is 6.16. The Hall–Kier alpha value is -4.00. The minimum absolute atomic E-state index is 0.129. The number of aromatic amines is 1. The number of ketones is 1. The Morgan fingerprint density at radius 1 is 1.03 bits per heavy atom. The average molecular weight is 385 g/mol. The number of nitrogens with one attached hydrogen (secondary N) is 1. The number of amides is 1.